The van der Waals surface area contributed by atoms with E-state index in [4.69, 9.17) is 0 Å². The number of amides is 2. The summed E-state index contributed by atoms with van der Waals surface area (Å²) in [5, 5.41) is 13.2. The highest BCUT2D eigenvalue weighted by atomic mass is 32.1. The van der Waals surface area contributed by atoms with E-state index in [1.165, 1.54) is 0 Å². The maximum atomic E-state index is 12.3. The van der Waals surface area contributed by atoms with Gasteiger partial charge in [-0.05, 0) is 31.5 Å². The minimum absolute atomic E-state index is 0.164. The molecule has 1 atom stereocenters. The van der Waals surface area contributed by atoms with Gasteiger partial charge in [0, 0.05) is 25.2 Å². The SMILES string of the molecule is CCc1nc([C@@H](C)NC(=O)Nc2cccc(-n3cnc(N(C)C)n3)c2)cs1. The van der Waals surface area contributed by atoms with Crippen molar-refractivity contribution in [3.63, 3.8) is 0 Å². The lowest BCUT2D eigenvalue weighted by molar-refractivity contribution is 0.249. The highest BCUT2D eigenvalue weighted by Gasteiger charge is 2.13. The predicted octanol–water partition coefficient (Wildman–Crippen LogP) is 3.23. The van der Waals surface area contributed by atoms with Crippen molar-refractivity contribution >= 4 is 29.0 Å². The van der Waals surface area contributed by atoms with E-state index in [0.29, 0.717) is 11.6 Å². The van der Waals surface area contributed by atoms with Gasteiger partial charge in [-0.1, -0.05) is 13.0 Å². The van der Waals surface area contributed by atoms with Crippen LogP contribution in [0.15, 0.2) is 36.0 Å². The van der Waals surface area contributed by atoms with Crippen LogP contribution < -0.4 is 15.5 Å². The molecule has 0 aliphatic rings. The number of rotatable bonds is 6. The molecule has 0 radical (unpaired) electrons. The van der Waals surface area contributed by atoms with E-state index in [2.05, 4.69) is 32.6 Å². The van der Waals surface area contributed by atoms with Crippen molar-refractivity contribution in [3.05, 3.63) is 46.7 Å². The third-order valence-corrected chi connectivity index (χ3v) is 4.92. The second-order valence-electron chi connectivity index (χ2n) is 6.27. The smallest absolute Gasteiger partial charge is 0.319 e. The number of aryl methyl sites for hydroxylation is 1. The van der Waals surface area contributed by atoms with E-state index in [1.54, 1.807) is 22.3 Å². The van der Waals surface area contributed by atoms with Gasteiger partial charge in [0.15, 0.2) is 0 Å². The van der Waals surface area contributed by atoms with Crippen LogP contribution in [-0.4, -0.2) is 39.9 Å². The molecule has 142 valence electrons. The number of benzene rings is 1. The summed E-state index contributed by atoms with van der Waals surface area (Å²) < 4.78 is 1.67. The molecule has 1 aromatic carbocycles. The molecule has 2 heterocycles. The Balaban J connectivity index is 1.65. The lowest BCUT2D eigenvalue weighted by Crippen LogP contribution is -2.31. The quantitative estimate of drug-likeness (QED) is 0.680. The summed E-state index contributed by atoms with van der Waals surface area (Å²) in [6.45, 7) is 3.99. The fraction of sp³-hybridized carbons (Fsp3) is 0.333. The average molecular weight is 385 g/mol. The van der Waals surface area contributed by atoms with E-state index in [0.717, 1.165) is 22.8 Å². The Labute approximate surface area is 162 Å². The summed E-state index contributed by atoms with van der Waals surface area (Å²) in [5.74, 6) is 0.620. The molecule has 0 saturated carbocycles. The highest BCUT2D eigenvalue weighted by molar-refractivity contribution is 7.09. The fourth-order valence-corrected chi connectivity index (χ4v) is 3.27. The minimum atomic E-state index is -0.279. The predicted molar refractivity (Wildman–Crippen MR) is 108 cm³/mol. The monoisotopic (exact) mass is 385 g/mol. The van der Waals surface area contributed by atoms with Crippen LogP contribution in [0.5, 0.6) is 0 Å². The van der Waals surface area contributed by atoms with E-state index >= 15 is 0 Å². The van der Waals surface area contributed by atoms with Crippen molar-refractivity contribution in [3.8, 4) is 5.69 Å². The topological polar surface area (TPSA) is 88.0 Å². The van der Waals surface area contributed by atoms with E-state index in [1.807, 2.05) is 55.6 Å². The van der Waals surface area contributed by atoms with E-state index < -0.39 is 0 Å². The van der Waals surface area contributed by atoms with Crippen LogP contribution in [0.3, 0.4) is 0 Å². The van der Waals surface area contributed by atoms with Crippen LogP contribution in [0.25, 0.3) is 5.69 Å². The Hall–Kier alpha value is -2.94. The average Bonchev–Trinajstić information content (AvgIpc) is 3.31. The summed E-state index contributed by atoms with van der Waals surface area (Å²) in [5.41, 5.74) is 2.36. The Morgan fingerprint density at radius 3 is 2.85 bits per heavy atom. The molecule has 8 nitrogen and oxygen atoms in total. The molecule has 9 heteroatoms. The third kappa shape index (κ3) is 4.62. The number of carbonyl (C=O) groups excluding carboxylic acids is 1. The normalized spacial score (nSPS) is 11.9. The number of hydrogen-bond donors (Lipinski definition) is 2. The van der Waals surface area contributed by atoms with Crippen molar-refractivity contribution < 1.29 is 4.79 Å². The first-order valence-electron chi connectivity index (χ1n) is 8.67. The van der Waals surface area contributed by atoms with Crippen molar-refractivity contribution in [1.82, 2.24) is 25.1 Å². The number of nitrogens with one attached hydrogen (secondary N) is 2. The zero-order valence-corrected chi connectivity index (χ0v) is 16.6. The van der Waals surface area contributed by atoms with Crippen molar-refractivity contribution in [2.75, 3.05) is 24.3 Å². The molecule has 2 amide bonds. The van der Waals surface area contributed by atoms with Gasteiger partial charge < -0.3 is 15.5 Å². The number of carbonyl (C=O) groups is 1. The van der Waals surface area contributed by atoms with Crippen LogP contribution in [0.4, 0.5) is 16.4 Å². The number of anilines is 2. The van der Waals surface area contributed by atoms with Gasteiger partial charge in [0.2, 0.25) is 5.95 Å². The summed E-state index contributed by atoms with van der Waals surface area (Å²) in [6, 6.07) is 6.99. The van der Waals surface area contributed by atoms with Crippen molar-refractivity contribution in [1.29, 1.82) is 0 Å². The first kappa shape index (κ1) is 18.8. The van der Waals surface area contributed by atoms with E-state index in [-0.39, 0.29) is 12.1 Å². The lowest BCUT2D eigenvalue weighted by atomic mass is 10.2. The molecule has 0 bridgehead atoms. The zero-order chi connectivity index (χ0) is 19.4. The van der Waals surface area contributed by atoms with E-state index in [9.17, 15) is 4.79 Å². The Kier molecular flexibility index (Phi) is 5.70. The van der Waals surface area contributed by atoms with Gasteiger partial charge in [-0.2, -0.15) is 4.98 Å². The Bertz CT molecular complexity index is 918. The van der Waals surface area contributed by atoms with Gasteiger partial charge in [-0.25, -0.2) is 14.5 Å². The van der Waals surface area contributed by atoms with Gasteiger partial charge >= 0.3 is 6.03 Å². The molecule has 0 fully saturated rings. The molecular weight excluding hydrogens is 362 g/mol. The lowest BCUT2D eigenvalue weighted by Gasteiger charge is -2.13. The minimum Gasteiger partial charge on any atom is -0.346 e. The largest absolute Gasteiger partial charge is 0.346 e. The number of hydrogen-bond acceptors (Lipinski definition) is 6. The molecule has 0 aliphatic heterocycles. The molecule has 0 spiro atoms. The van der Waals surface area contributed by atoms with Gasteiger partial charge in [0.25, 0.3) is 0 Å². The third-order valence-electron chi connectivity index (χ3n) is 3.91. The van der Waals surface area contributed by atoms with Gasteiger partial charge in [-0.3, -0.25) is 0 Å². The number of aromatic nitrogens is 4. The maximum absolute atomic E-state index is 12.3. The van der Waals surface area contributed by atoms with Gasteiger partial charge in [-0.15, -0.1) is 16.4 Å². The van der Waals surface area contributed by atoms with Crippen LogP contribution in [-0.2, 0) is 6.42 Å². The Morgan fingerprint density at radius 1 is 1.37 bits per heavy atom. The highest BCUT2D eigenvalue weighted by Crippen LogP contribution is 2.18. The summed E-state index contributed by atoms with van der Waals surface area (Å²) in [7, 11) is 3.77. The molecule has 0 aliphatic carbocycles. The number of thiazole rings is 1. The first-order chi connectivity index (χ1) is 13.0. The molecule has 3 rings (SSSR count). The second-order valence-corrected chi connectivity index (χ2v) is 7.22. The van der Waals surface area contributed by atoms with Gasteiger partial charge in [0.05, 0.1) is 22.4 Å². The molecule has 2 N–H and O–H groups in total. The molecule has 0 unspecified atom stereocenters. The molecular formula is C18H23N7OS. The van der Waals surface area contributed by atoms with Crippen molar-refractivity contribution in [2.24, 2.45) is 0 Å². The zero-order valence-electron chi connectivity index (χ0n) is 15.8. The van der Waals surface area contributed by atoms with Crippen LogP contribution in [0.1, 0.15) is 30.6 Å². The second kappa shape index (κ2) is 8.17. The summed E-state index contributed by atoms with van der Waals surface area (Å²) in [4.78, 5) is 22.9. The van der Waals surface area contributed by atoms with Crippen LogP contribution in [0, 0.1) is 0 Å². The van der Waals surface area contributed by atoms with Crippen LogP contribution >= 0.6 is 11.3 Å². The molecule has 2 aromatic heterocycles. The number of nitrogens with zero attached hydrogens (tertiary/aromatic N) is 5. The van der Waals surface area contributed by atoms with Crippen LogP contribution in [0.2, 0.25) is 0 Å². The summed E-state index contributed by atoms with van der Waals surface area (Å²) >= 11 is 1.61. The molecule has 27 heavy (non-hydrogen) atoms. The number of urea groups is 1. The summed E-state index contributed by atoms with van der Waals surface area (Å²) in [6.07, 6.45) is 2.54. The molecule has 0 saturated heterocycles. The Morgan fingerprint density at radius 2 is 2.19 bits per heavy atom. The van der Waals surface area contributed by atoms with Gasteiger partial charge in [0.1, 0.15) is 6.33 Å². The molecule has 3 aromatic rings. The first-order valence-corrected chi connectivity index (χ1v) is 9.55. The van der Waals surface area contributed by atoms with Crippen molar-refractivity contribution in [2.45, 2.75) is 26.3 Å². The maximum Gasteiger partial charge on any atom is 0.319 e. The standard InChI is InChI=1S/C18H23N7OS/c1-5-16-22-15(10-27-16)12(2)20-18(26)21-13-7-6-8-14(9-13)25-11-19-17(23-25)24(3)4/h6-12H,5H2,1-4H3,(H2,20,21,26)/t12-/m1/s1. The fourth-order valence-electron chi connectivity index (χ4n) is 2.43.